The van der Waals surface area contributed by atoms with Gasteiger partial charge in [0.15, 0.2) is 0 Å². The van der Waals surface area contributed by atoms with Gasteiger partial charge in [0.1, 0.15) is 25.0 Å². The molecule has 1 fully saturated rings. The van der Waals surface area contributed by atoms with E-state index >= 15 is 0 Å². The van der Waals surface area contributed by atoms with Crippen molar-refractivity contribution in [3.05, 3.63) is 22.5 Å². The number of hydrogen-bond acceptors (Lipinski definition) is 6. The summed E-state index contributed by atoms with van der Waals surface area (Å²) in [5.74, 6) is -1.99. The number of amides is 1. The minimum absolute atomic E-state index is 0.233. The minimum atomic E-state index is -1.13. The number of carbonyl (C=O) groups is 2. The topological polar surface area (TPSA) is 137 Å². The van der Waals surface area contributed by atoms with Crippen molar-refractivity contribution in [2.45, 2.75) is 25.4 Å². The molecular weight excluding hydrogens is 296 g/mol. The van der Waals surface area contributed by atoms with Crippen LogP contribution in [0.1, 0.15) is 12.8 Å². The summed E-state index contributed by atoms with van der Waals surface area (Å²) in [6, 6.07) is -1.04. The third kappa shape index (κ3) is 4.01. The van der Waals surface area contributed by atoms with Crippen LogP contribution in [-0.4, -0.2) is 50.9 Å². The summed E-state index contributed by atoms with van der Waals surface area (Å²) in [6.45, 7) is 0.587. The number of nitrogens with zero attached hydrogens (tertiary/aromatic N) is 3. The number of aromatic nitrogens is 2. The number of carbonyl (C=O) groups excluding carboxylic acids is 1. The van der Waals surface area contributed by atoms with Crippen molar-refractivity contribution >= 4 is 17.6 Å². The number of carboxylic acids is 1. The highest BCUT2D eigenvalue weighted by Gasteiger charge is 2.31. The molecule has 2 rings (SSSR count). The molecule has 1 aromatic heterocycles. The first kappa shape index (κ1) is 15.9. The van der Waals surface area contributed by atoms with Gasteiger partial charge in [-0.2, -0.15) is 5.10 Å². The molecule has 1 aliphatic rings. The fourth-order valence-electron chi connectivity index (χ4n) is 2.31. The Morgan fingerprint density at radius 3 is 2.95 bits per heavy atom. The predicted octanol–water partition coefficient (Wildman–Crippen LogP) is -0.213. The Hall–Kier alpha value is -2.49. The Labute approximate surface area is 125 Å². The predicted molar refractivity (Wildman–Crippen MR) is 72.0 cm³/mol. The molecule has 1 saturated heterocycles. The van der Waals surface area contributed by atoms with Crippen LogP contribution < -0.4 is 5.32 Å². The molecule has 2 N–H and O–H groups in total. The van der Waals surface area contributed by atoms with Crippen LogP contribution in [0, 0.1) is 16.0 Å². The van der Waals surface area contributed by atoms with Gasteiger partial charge in [-0.15, -0.1) is 0 Å². The van der Waals surface area contributed by atoms with Gasteiger partial charge >= 0.3 is 11.7 Å². The van der Waals surface area contributed by atoms with E-state index in [1.54, 1.807) is 0 Å². The van der Waals surface area contributed by atoms with E-state index in [-0.39, 0.29) is 24.8 Å². The second kappa shape index (κ2) is 6.98. The van der Waals surface area contributed by atoms with Gasteiger partial charge in [0.05, 0.1) is 11.5 Å². The van der Waals surface area contributed by atoms with E-state index in [0.29, 0.717) is 13.0 Å². The number of carboxylic acid groups (broad SMARTS) is 1. The quantitative estimate of drug-likeness (QED) is 0.547. The smallest absolute Gasteiger partial charge is 0.326 e. The first-order chi connectivity index (χ1) is 10.5. The second-order valence-corrected chi connectivity index (χ2v) is 5.01. The molecule has 0 bridgehead atoms. The third-order valence-corrected chi connectivity index (χ3v) is 3.39. The van der Waals surface area contributed by atoms with Crippen molar-refractivity contribution in [1.82, 2.24) is 15.1 Å². The summed E-state index contributed by atoms with van der Waals surface area (Å²) >= 11 is 0. The maximum atomic E-state index is 11.9. The third-order valence-electron chi connectivity index (χ3n) is 3.39. The molecule has 0 aromatic carbocycles. The second-order valence-electron chi connectivity index (χ2n) is 5.01. The summed E-state index contributed by atoms with van der Waals surface area (Å²) in [7, 11) is 0. The average Bonchev–Trinajstić information content (AvgIpc) is 2.94. The van der Waals surface area contributed by atoms with Crippen molar-refractivity contribution in [3.8, 4) is 0 Å². The lowest BCUT2D eigenvalue weighted by atomic mass is 9.93. The maximum absolute atomic E-state index is 11.9. The van der Waals surface area contributed by atoms with E-state index in [2.05, 4.69) is 10.4 Å². The number of rotatable bonds is 6. The number of nitrogens with one attached hydrogen (secondary N) is 1. The highest BCUT2D eigenvalue weighted by Crippen LogP contribution is 2.18. The van der Waals surface area contributed by atoms with E-state index in [9.17, 15) is 24.8 Å². The van der Waals surface area contributed by atoms with Gasteiger partial charge < -0.3 is 15.2 Å². The van der Waals surface area contributed by atoms with Crippen LogP contribution in [0.4, 0.5) is 5.69 Å². The van der Waals surface area contributed by atoms with Gasteiger partial charge in [0.2, 0.25) is 5.91 Å². The lowest BCUT2D eigenvalue weighted by Gasteiger charge is -2.28. The lowest BCUT2D eigenvalue weighted by molar-refractivity contribution is -0.385. The molecule has 0 spiro atoms. The average molecular weight is 312 g/mol. The van der Waals surface area contributed by atoms with Gasteiger partial charge in [-0.1, -0.05) is 0 Å². The molecule has 1 aromatic rings. The van der Waals surface area contributed by atoms with Gasteiger partial charge in [-0.25, -0.2) is 4.79 Å². The van der Waals surface area contributed by atoms with Crippen molar-refractivity contribution in [2.75, 3.05) is 13.2 Å². The zero-order valence-electron chi connectivity index (χ0n) is 11.7. The van der Waals surface area contributed by atoms with Gasteiger partial charge in [0.25, 0.3) is 0 Å². The van der Waals surface area contributed by atoms with E-state index in [1.807, 2.05) is 0 Å². The van der Waals surface area contributed by atoms with Gasteiger partial charge in [0, 0.05) is 12.5 Å². The van der Waals surface area contributed by atoms with Crippen LogP contribution >= 0.6 is 0 Å². The summed E-state index contributed by atoms with van der Waals surface area (Å²) in [5.41, 5.74) is -0.233. The largest absolute Gasteiger partial charge is 0.480 e. The van der Waals surface area contributed by atoms with E-state index < -0.39 is 22.8 Å². The monoisotopic (exact) mass is 312 g/mol. The van der Waals surface area contributed by atoms with Crippen LogP contribution in [0.5, 0.6) is 0 Å². The lowest BCUT2D eigenvalue weighted by Crippen LogP contribution is -2.49. The van der Waals surface area contributed by atoms with Crippen LogP contribution in [0.15, 0.2) is 12.4 Å². The molecule has 22 heavy (non-hydrogen) atoms. The molecule has 10 nitrogen and oxygen atoms in total. The summed E-state index contributed by atoms with van der Waals surface area (Å²) in [5, 5.41) is 25.9. The fourth-order valence-corrected chi connectivity index (χ4v) is 2.31. The van der Waals surface area contributed by atoms with Gasteiger partial charge in [-0.05, 0) is 12.8 Å². The van der Waals surface area contributed by atoms with E-state index in [1.165, 1.54) is 0 Å². The van der Waals surface area contributed by atoms with Crippen molar-refractivity contribution in [1.29, 1.82) is 0 Å². The van der Waals surface area contributed by atoms with Crippen LogP contribution in [0.3, 0.4) is 0 Å². The Bertz CT molecular complexity index is 566. The molecular formula is C12H16N4O6. The molecule has 0 radical (unpaired) electrons. The Kier molecular flexibility index (Phi) is 5.04. The standard InChI is InChI=1S/C12H16N4O6/c17-10(6-15-5-9(4-13-15)16(20)21)14-11(12(18)19)8-2-1-3-22-7-8/h4-5,8,11H,1-3,6-7H2,(H,14,17)(H,18,19). The number of ether oxygens (including phenoxy) is 1. The van der Waals surface area contributed by atoms with Crippen LogP contribution in [-0.2, 0) is 20.9 Å². The molecule has 120 valence electrons. The molecule has 1 amide bonds. The molecule has 10 heteroatoms. The van der Waals surface area contributed by atoms with Crippen molar-refractivity contribution < 1.29 is 24.4 Å². The summed E-state index contributed by atoms with van der Waals surface area (Å²) < 4.78 is 6.32. The molecule has 2 unspecified atom stereocenters. The van der Waals surface area contributed by atoms with Crippen LogP contribution in [0.25, 0.3) is 0 Å². The molecule has 0 aliphatic carbocycles. The van der Waals surface area contributed by atoms with Gasteiger partial charge in [-0.3, -0.25) is 19.6 Å². The van der Waals surface area contributed by atoms with E-state index in [0.717, 1.165) is 23.5 Å². The van der Waals surface area contributed by atoms with E-state index in [4.69, 9.17) is 4.74 Å². The summed E-state index contributed by atoms with van der Waals surface area (Å²) in [4.78, 5) is 33.1. The first-order valence-corrected chi connectivity index (χ1v) is 6.74. The Morgan fingerprint density at radius 2 is 2.41 bits per heavy atom. The Morgan fingerprint density at radius 1 is 1.64 bits per heavy atom. The molecule has 0 saturated carbocycles. The van der Waals surface area contributed by atoms with Crippen LogP contribution in [0.2, 0.25) is 0 Å². The number of hydrogen-bond donors (Lipinski definition) is 2. The zero-order valence-corrected chi connectivity index (χ0v) is 11.7. The maximum Gasteiger partial charge on any atom is 0.326 e. The summed E-state index contributed by atoms with van der Waals surface area (Å²) in [6.07, 6.45) is 3.54. The highest BCUT2D eigenvalue weighted by atomic mass is 16.6. The molecule has 2 atom stereocenters. The minimum Gasteiger partial charge on any atom is -0.480 e. The number of nitro groups is 1. The number of aliphatic carboxylic acids is 1. The zero-order chi connectivity index (χ0) is 16.1. The highest BCUT2D eigenvalue weighted by molar-refractivity contribution is 5.83. The Balaban J connectivity index is 1.95. The van der Waals surface area contributed by atoms with Crippen molar-refractivity contribution in [2.24, 2.45) is 5.92 Å². The normalized spacial score (nSPS) is 19.4. The molecule has 2 heterocycles. The SMILES string of the molecule is O=C(Cn1cc([N+](=O)[O-])cn1)NC(C(=O)O)C1CCCOC1. The fraction of sp³-hybridized carbons (Fsp3) is 0.583. The molecule has 1 aliphatic heterocycles. The first-order valence-electron chi connectivity index (χ1n) is 6.74. The van der Waals surface area contributed by atoms with Crippen molar-refractivity contribution in [3.63, 3.8) is 0 Å².